The Kier molecular flexibility index (Phi) is 3.77. The van der Waals surface area contributed by atoms with Crippen molar-refractivity contribution in [2.75, 3.05) is 0 Å². The molecule has 0 aromatic carbocycles. The molecule has 1 heterocycles. The Morgan fingerprint density at radius 2 is 2.27 bits per heavy atom. The molecule has 15 heavy (non-hydrogen) atoms. The minimum atomic E-state index is -0.318. The first-order chi connectivity index (χ1) is 7.03. The van der Waals surface area contributed by atoms with Gasteiger partial charge in [-0.1, -0.05) is 20.8 Å². The van der Waals surface area contributed by atoms with E-state index < -0.39 is 0 Å². The SMILES string of the molecule is CCC(C)(C)C(NN)c1ccncc1F. The second kappa shape index (κ2) is 4.68. The monoisotopic (exact) mass is 211 g/mol. The molecule has 1 aromatic rings. The lowest BCUT2D eigenvalue weighted by molar-refractivity contribution is 0.231. The molecule has 0 saturated heterocycles. The van der Waals surface area contributed by atoms with Crippen LogP contribution in [0.1, 0.15) is 38.8 Å². The third-order valence-electron chi connectivity index (χ3n) is 2.97. The van der Waals surface area contributed by atoms with Crippen molar-refractivity contribution in [2.45, 2.75) is 33.2 Å². The van der Waals surface area contributed by atoms with Gasteiger partial charge in [-0.15, -0.1) is 0 Å². The highest BCUT2D eigenvalue weighted by Gasteiger charge is 2.30. The van der Waals surface area contributed by atoms with Gasteiger partial charge < -0.3 is 0 Å². The van der Waals surface area contributed by atoms with E-state index in [-0.39, 0.29) is 17.3 Å². The maximum Gasteiger partial charge on any atom is 0.146 e. The number of rotatable bonds is 4. The van der Waals surface area contributed by atoms with E-state index in [2.05, 4.69) is 31.2 Å². The Hall–Kier alpha value is -1.00. The highest BCUT2D eigenvalue weighted by atomic mass is 19.1. The van der Waals surface area contributed by atoms with E-state index in [1.54, 1.807) is 12.3 Å². The van der Waals surface area contributed by atoms with Crippen LogP contribution < -0.4 is 11.3 Å². The normalized spacial score (nSPS) is 13.9. The maximum absolute atomic E-state index is 13.5. The summed E-state index contributed by atoms with van der Waals surface area (Å²) in [7, 11) is 0. The molecule has 3 N–H and O–H groups in total. The van der Waals surface area contributed by atoms with Crippen LogP contribution in [0, 0.1) is 11.2 Å². The predicted molar refractivity (Wildman–Crippen MR) is 58.3 cm³/mol. The molecule has 1 atom stereocenters. The standard InChI is InChI=1S/C11H18FN3/c1-4-11(2,3)10(15-13)8-5-6-14-7-9(8)12/h5-7,10,15H,4,13H2,1-3H3. The van der Waals surface area contributed by atoms with Crippen LogP contribution in [0.3, 0.4) is 0 Å². The molecule has 1 aromatic heterocycles. The van der Waals surface area contributed by atoms with Crippen LogP contribution >= 0.6 is 0 Å². The molecule has 3 nitrogen and oxygen atoms in total. The first-order valence-corrected chi connectivity index (χ1v) is 5.08. The Morgan fingerprint density at radius 1 is 1.60 bits per heavy atom. The zero-order chi connectivity index (χ0) is 11.5. The summed E-state index contributed by atoms with van der Waals surface area (Å²) in [6, 6.07) is 1.46. The molecule has 0 aliphatic rings. The van der Waals surface area contributed by atoms with Crippen LogP contribution in [-0.4, -0.2) is 4.98 Å². The zero-order valence-corrected chi connectivity index (χ0v) is 9.42. The lowest BCUT2D eigenvalue weighted by Gasteiger charge is -2.33. The van der Waals surface area contributed by atoms with Crippen molar-refractivity contribution in [2.24, 2.45) is 11.3 Å². The van der Waals surface area contributed by atoms with E-state index in [9.17, 15) is 4.39 Å². The summed E-state index contributed by atoms with van der Waals surface area (Å²) in [6.07, 6.45) is 3.70. The fourth-order valence-corrected chi connectivity index (χ4v) is 1.56. The van der Waals surface area contributed by atoms with Crippen LogP contribution in [0.2, 0.25) is 0 Å². The van der Waals surface area contributed by atoms with Gasteiger partial charge in [0.2, 0.25) is 0 Å². The van der Waals surface area contributed by atoms with E-state index in [1.165, 1.54) is 6.20 Å². The van der Waals surface area contributed by atoms with E-state index in [1.807, 2.05) is 0 Å². The largest absolute Gasteiger partial charge is 0.271 e. The molecule has 0 fully saturated rings. The summed E-state index contributed by atoms with van der Waals surface area (Å²) >= 11 is 0. The molecule has 84 valence electrons. The van der Waals surface area contributed by atoms with Crippen LogP contribution in [0.4, 0.5) is 4.39 Å². The lowest BCUT2D eigenvalue weighted by atomic mass is 9.79. The van der Waals surface area contributed by atoms with Gasteiger partial charge >= 0.3 is 0 Å². The number of aromatic nitrogens is 1. The van der Waals surface area contributed by atoms with Crippen molar-refractivity contribution in [1.29, 1.82) is 0 Å². The van der Waals surface area contributed by atoms with Crippen molar-refractivity contribution < 1.29 is 4.39 Å². The van der Waals surface area contributed by atoms with E-state index in [4.69, 9.17) is 5.84 Å². The quantitative estimate of drug-likeness (QED) is 0.592. The first kappa shape index (κ1) is 12.1. The number of pyridine rings is 1. The van der Waals surface area contributed by atoms with Gasteiger partial charge in [-0.3, -0.25) is 16.3 Å². The van der Waals surface area contributed by atoms with Gasteiger partial charge in [-0.25, -0.2) is 4.39 Å². The summed E-state index contributed by atoms with van der Waals surface area (Å²) in [5.74, 6) is 5.18. The Labute approximate surface area is 89.9 Å². The highest BCUT2D eigenvalue weighted by Crippen LogP contribution is 2.36. The maximum atomic E-state index is 13.5. The number of nitrogens with zero attached hydrogens (tertiary/aromatic N) is 1. The molecule has 1 rings (SSSR count). The van der Waals surface area contributed by atoms with E-state index >= 15 is 0 Å². The smallest absolute Gasteiger partial charge is 0.146 e. The fraction of sp³-hybridized carbons (Fsp3) is 0.545. The topological polar surface area (TPSA) is 50.9 Å². The molecule has 0 spiro atoms. The number of hydrogen-bond acceptors (Lipinski definition) is 3. The Bertz CT molecular complexity index is 325. The van der Waals surface area contributed by atoms with Crippen LogP contribution in [0.15, 0.2) is 18.5 Å². The number of hydrogen-bond donors (Lipinski definition) is 2. The van der Waals surface area contributed by atoms with Crippen molar-refractivity contribution >= 4 is 0 Å². The van der Waals surface area contributed by atoms with Gasteiger partial charge in [0.05, 0.1) is 12.2 Å². The molecule has 0 aliphatic carbocycles. The van der Waals surface area contributed by atoms with Crippen LogP contribution in [-0.2, 0) is 0 Å². The Balaban J connectivity index is 3.08. The second-order valence-corrected chi connectivity index (χ2v) is 4.34. The summed E-state index contributed by atoms with van der Waals surface area (Å²) in [4.78, 5) is 3.73. The van der Waals surface area contributed by atoms with Gasteiger partial charge in [0, 0.05) is 11.8 Å². The van der Waals surface area contributed by atoms with Crippen molar-refractivity contribution in [3.05, 3.63) is 29.8 Å². The minimum absolute atomic E-state index is 0.100. The zero-order valence-electron chi connectivity index (χ0n) is 9.42. The molecule has 0 radical (unpaired) electrons. The van der Waals surface area contributed by atoms with Gasteiger partial charge in [-0.2, -0.15) is 0 Å². The van der Waals surface area contributed by atoms with Gasteiger partial charge in [0.15, 0.2) is 0 Å². The van der Waals surface area contributed by atoms with Crippen LogP contribution in [0.25, 0.3) is 0 Å². The van der Waals surface area contributed by atoms with Gasteiger partial charge in [0.25, 0.3) is 0 Å². The van der Waals surface area contributed by atoms with E-state index in [0.29, 0.717) is 5.56 Å². The molecule has 0 bridgehead atoms. The molecule has 4 heteroatoms. The molecule has 0 amide bonds. The van der Waals surface area contributed by atoms with Crippen LogP contribution in [0.5, 0.6) is 0 Å². The summed E-state index contributed by atoms with van der Waals surface area (Å²) in [5.41, 5.74) is 3.15. The minimum Gasteiger partial charge on any atom is -0.271 e. The predicted octanol–water partition coefficient (Wildman–Crippen LogP) is 2.16. The highest BCUT2D eigenvalue weighted by molar-refractivity contribution is 5.19. The molecule has 0 aliphatic heterocycles. The third-order valence-corrected chi connectivity index (χ3v) is 2.97. The second-order valence-electron chi connectivity index (χ2n) is 4.34. The molecule has 1 unspecified atom stereocenters. The average molecular weight is 211 g/mol. The number of halogens is 1. The number of nitrogens with one attached hydrogen (secondary N) is 1. The third kappa shape index (κ3) is 2.52. The average Bonchev–Trinajstić information content (AvgIpc) is 2.21. The van der Waals surface area contributed by atoms with Gasteiger partial charge in [0.1, 0.15) is 5.82 Å². The summed E-state index contributed by atoms with van der Waals surface area (Å²) in [5, 5.41) is 0. The molecular weight excluding hydrogens is 193 g/mol. The summed E-state index contributed by atoms with van der Waals surface area (Å²) in [6.45, 7) is 6.16. The van der Waals surface area contributed by atoms with Gasteiger partial charge in [-0.05, 0) is 17.9 Å². The number of hydrazine groups is 1. The molecule has 0 saturated carbocycles. The molecular formula is C11H18FN3. The van der Waals surface area contributed by atoms with Crippen molar-refractivity contribution in [3.63, 3.8) is 0 Å². The fourth-order valence-electron chi connectivity index (χ4n) is 1.56. The Morgan fingerprint density at radius 3 is 2.73 bits per heavy atom. The first-order valence-electron chi connectivity index (χ1n) is 5.08. The van der Waals surface area contributed by atoms with Crippen molar-refractivity contribution in [3.8, 4) is 0 Å². The van der Waals surface area contributed by atoms with Crippen molar-refractivity contribution in [1.82, 2.24) is 10.4 Å². The van der Waals surface area contributed by atoms with E-state index in [0.717, 1.165) is 6.42 Å². The lowest BCUT2D eigenvalue weighted by Crippen LogP contribution is -2.38. The summed E-state index contributed by atoms with van der Waals surface area (Å²) < 4.78 is 13.5. The number of nitrogens with two attached hydrogens (primary N) is 1.